The molecule has 1 aromatic carbocycles. The predicted octanol–water partition coefficient (Wildman–Crippen LogP) is 3.65. The number of amides is 1. The van der Waals surface area contributed by atoms with Crippen LogP contribution in [0.25, 0.3) is 0 Å². The first kappa shape index (κ1) is 20.0. The van der Waals surface area contributed by atoms with Crippen molar-refractivity contribution in [2.45, 2.75) is 52.5 Å². The number of benzene rings is 1. The largest absolute Gasteiger partial charge is 0.341 e. The molecule has 1 amide bonds. The summed E-state index contributed by atoms with van der Waals surface area (Å²) in [5.41, 5.74) is 7.72. The van der Waals surface area contributed by atoms with E-state index in [2.05, 4.69) is 51.1 Å². The molecule has 1 aliphatic rings. The van der Waals surface area contributed by atoms with E-state index in [1.165, 1.54) is 5.56 Å². The minimum Gasteiger partial charge on any atom is -0.341 e. The Kier molecular flexibility index (Phi) is 7.56. The Bertz CT molecular complexity index is 493. The van der Waals surface area contributed by atoms with Crippen LogP contribution in [-0.4, -0.2) is 29.9 Å². The van der Waals surface area contributed by atoms with Gasteiger partial charge in [0.05, 0.1) is 6.04 Å². The second-order valence-corrected chi connectivity index (χ2v) is 7.22. The number of halogens is 1. The van der Waals surface area contributed by atoms with Crippen LogP contribution in [0, 0.1) is 11.3 Å². The highest BCUT2D eigenvalue weighted by molar-refractivity contribution is 5.85. The van der Waals surface area contributed by atoms with Crippen molar-refractivity contribution in [1.29, 1.82) is 0 Å². The second-order valence-electron chi connectivity index (χ2n) is 7.22. The van der Waals surface area contributed by atoms with Crippen LogP contribution in [-0.2, 0) is 11.2 Å². The van der Waals surface area contributed by atoms with Gasteiger partial charge in [-0.25, -0.2) is 0 Å². The fourth-order valence-corrected chi connectivity index (χ4v) is 3.21. The van der Waals surface area contributed by atoms with Crippen molar-refractivity contribution in [3.8, 4) is 0 Å². The Balaban J connectivity index is 0.00000264. The van der Waals surface area contributed by atoms with Crippen LogP contribution in [0.4, 0.5) is 0 Å². The third-order valence-corrected chi connectivity index (χ3v) is 5.27. The quantitative estimate of drug-likeness (QED) is 0.860. The third kappa shape index (κ3) is 5.22. The molecule has 0 spiro atoms. The maximum absolute atomic E-state index is 12.5. The van der Waals surface area contributed by atoms with E-state index in [9.17, 15) is 4.79 Å². The average molecular weight is 339 g/mol. The molecule has 3 atom stereocenters. The van der Waals surface area contributed by atoms with Crippen LogP contribution >= 0.6 is 12.4 Å². The Morgan fingerprint density at radius 2 is 2.00 bits per heavy atom. The molecule has 1 saturated heterocycles. The minimum absolute atomic E-state index is 0. The van der Waals surface area contributed by atoms with Gasteiger partial charge in [0, 0.05) is 13.1 Å². The fraction of sp³-hybridized carbons (Fsp3) is 0.632. The summed E-state index contributed by atoms with van der Waals surface area (Å²) in [6.07, 6.45) is 4.24. The van der Waals surface area contributed by atoms with Crippen LogP contribution in [0.3, 0.4) is 0 Å². The van der Waals surface area contributed by atoms with Gasteiger partial charge in [-0.15, -0.1) is 12.4 Å². The molecule has 2 rings (SSSR count). The van der Waals surface area contributed by atoms with E-state index in [-0.39, 0.29) is 35.7 Å². The number of carbonyl (C=O) groups excluding carboxylic acids is 1. The third-order valence-electron chi connectivity index (χ3n) is 5.27. The number of carbonyl (C=O) groups is 1. The summed E-state index contributed by atoms with van der Waals surface area (Å²) >= 11 is 0. The lowest BCUT2D eigenvalue weighted by Crippen LogP contribution is -2.46. The Morgan fingerprint density at radius 3 is 2.61 bits per heavy atom. The van der Waals surface area contributed by atoms with Crippen molar-refractivity contribution in [2.24, 2.45) is 17.1 Å². The van der Waals surface area contributed by atoms with Gasteiger partial charge < -0.3 is 10.6 Å². The number of likely N-dealkylation sites (tertiary alicyclic amines) is 1. The molecule has 130 valence electrons. The first-order chi connectivity index (χ1) is 10.4. The zero-order chi connectivity index (χ0) is 16.2. The molecule has 1 aliphatic heterocycles. The molecular weight excluding hydrogens is 308 g/mol. The van der Waals surface area contributed by atoms with Gasteiger partial charge in [0.2, 0.25) is 5.91 Å². The van der Waals surface area contributed by atoms with Gasteiger partial charge in [-0.3, -0.25) is 4.79 Å². The fourth-order valence-electron chi connectivity index (χ4n) is 3.21. The van der Waals surface area contributed by atoms with Crippen molar-refractivity contribution < 1.29 is 4.79 Å². The summed E-state index contributed by atoms with van der Waals surface area (Å²) in [7, 11) is 0. The Labute approximate surface area is 147 Å². The summed E-state index contributed by atoms with van der Waals surface area (Å²) in [5, 5.41) is 0. The standard InChI is InChI=1S/C19H30N2O.ClH/c1-4-15(2)17(20)18(22)21-13-12-19(3,14-21)11-10-16-8-6-5-7-9-16;/h5-9,15,17H,4,10-14,20H2,1-3H3;1H. The van der Waals surface area contributed by atoms with E-state index in [0.717, 1.165) is 38.8 Å². The van der Waals surface area contributed by atoms with E-state index in [0.29, 0.717) is 0 Å². The van der Waals surface area contributed by atoms with E-state index in [1.807, 2.05) is 4.90 Å². The first-order valence-electron chi connectivity index (χ1n) is 8.53. The number of hydrogen-bond acceptors (Lipinski definition) is 2. The lowest BCUT2D eigenvalue weighted by molar-refractivity contribution is -0.133. The van der Waals surface area contributed by atoms with Crippen LogP contribution in [0.2, 0.25) is 0 Å². The molecule has 4 heteroatoms. The molecule has 0 aliphatic carbocycles. The van der Waals surface area contributed by atoms with Gasteiger partial charge >= 0.3 is 0 Å². The molecule has 23 heavy (non-hydrogen) atoms. The normalized spacial score (nSPS) is 23.2. The molecule has 0 radical (unpaired) electrons. The van der Waals surface area contributed by atoms with Crippen molar-refractivity contribution in [2.75, 3.05) is 13.1 Å². The topological polar surface area (TPSA) is 46.3 Å². The zero-order valence-corrected chi connectivity index (χ0v) is 15.4. The highest BCUT2D eigenvalue weighted by Crippen LogP contribution is 2.35. The average Bonchev–Trinajstić information content (AvgIpc) is 2.94. The van der Waals surface area contributed by atoms with Crippen LogP contribution in [0.5, 0.6) is 0 Å². The lowest BCUT2D eigenvalue weighted by Gasteiger charge is -2.27. The molecular formula is C19H31ClN2O. The zero-order valence-electron chi connectivity index (χ0n) is 14.6. The van der Waals surface area contributed by atoms with Crippen molar-refractivity contribution >= 4 is 18.3 Å². The molecule has 1 fully saturated rings. The summed E-state index contributed by atoms with van der Waals surface area (Å²) in [5.74, 6) is 0.390. The molecule has 1 heterocycles. The number of aryl methyl sites for hydroxylation is 1. The van der Waals surface area contributed by atoms with Gasteiger partial charge in [0.25, 0.3) is 0 Å². The highest BCUT2D eigenvalue weighted by Gasteiger charge is 2.37. The molecule has 1 aromatic rings. The Hall–Kier alpha value is -1.06. The molecule has 3 nitrogen and oxygen atoms in total. The molecule has 0 saturated carbocycles. The van der Waals surface area contributed by atoms with Gasteiger partial charge in [-0.05, 0) is 36.2 Å². The SMILES string of the molecule is CCC(C)C(N)C(=O)N1CCC(C)(CCc2ccccc2)C1.Cl. The predicted molar refractivity (Wildman–Crippen MR) is 98.7 cm³/mol. The first-order valence-corrected chi connectivity index (χ1v) is 8.53. The summed E-state index contributed by atoms with van der Waals surface area (Å²) in [4.78, 5) is 14.5. The van der Waals surface area contributed by atoms with Gasteiger partial charge in [0.1, 0.15) is 0 Å². The molecule has 0 aromatic heterocycles. The summed E-state index contributed by atoms with van der Waals surface area (Å²) in [6.45, 7) is 8.16. The van der Waals surface area contributed by atoms with Gasteiger partial charge in [-0.1, -0.05) is 57.5 Å². The molecule has 3 unspecified atom stereocenters. The second kappa shape index (κ2) is 8.70. The minimum atomic E-state index is -0.346. The van der Waals surface area contributed by atoms with Crippen LogP contribution < -0.4 is 5.73 Å². The van der Waals surface area contributed by atoms with Crippen molar-refractivity contribution in [1.82, 2.24) is 4.90 Å². The van der Waals surface area contributed by atoms with Gasteiger partial charge in [-0.2, -0.15) is 0 Å². The smallest absolute Gasteiger partial charge is 0.239 e. The van der Waals surface area contributed by atoms with Crippen molar-refractivity contribution in [3.63, 3.8) is 0 Å². The van der Waals surface area contributed by atoms with Gasteiger partial charge in [0.15, 0.2) is 0 Å². The molecule has 2 N–H and O–H groups in total. The maximum Gasteiger partial charge on any atom is 0.239 e. The number of rotatable bonds is 6. The van der Waals surface area contributed by atoms with E-state index < -0.39 is 0 Å². The van der Waals surface area contributed by atoms with E-state index in [4.69, 9.17) is 5.73 Å². The maximum atomic E-state index is 12.5. The van der Waals surface area contributed by atoms with Crippen LogP contribution in [0.15, 0.2) is 30.3 Å². The number of nitrogens with two attached hydrogens (primary N) is 1. The number of nitrogens with zero attached hydrogens (tertiary/aromatic N) is 1. The summed E-state index contributed by atoms with van der Waals surface area (Å²) in [6, 6.07) is 10.2. The Morgan fingerprint density at radius 1 is 1.35 bits per heavy atom. The summed E-state index contributed by atoms with van der Waals surface area (Å²) < 4.78 is 0. The lowest BCUT2D eigenvalue weighted by atomic mass is 9.83. The van der Waals surface area contributed by atoms with Crippen molar-refractivity contribution in [3.05, 3.63) is 35.9 Å². The number of hydrogen-bond donors (Lipinski definition) is 1. The molecule has 0 bridgehead atoms. The van der Waals surface area contributed by atoms with Crippen LogP contribution in [0.1, 0.15) is 45.6 Å². The highest BCUT2D eigenvalue weighted by atomic mass is 35.5. The van der Waals surface area contributed by atoms with E-state index in [1.54, 1.807) is 0 Å². The monoisotopic (exact) mass is 338 g/mol. The van der Waals surface area contributed by atoms with E-state index >= 15 is 0 Å².